The molecule has 1 aromatic carbocycles. The smallest absolute Gasteiger partial charge is 0.336 e. The molecule has 0 amide bonds. The standard InChI is InChI=1S/C13H16BrNO3S/c14-12-2-1-10(9-11(12)13(16)17)19-8-5-15-3-6-18-7-4-15/h1-2,9H,3-8H2,(H,16,17). The molecular formula is C13H16BrNO3S. The van der Waals surface area contributed by atoms with Gasteiger partial charge in [-0.1, -0.05) is 0 Å². The topological polar surface area (TPSA) is 49.8 Å². The number of nitrogens with zero attached hydrogens (tertiary/aromatic N) is 1. The van der Waals surface area contributed by atoms with E-state index in [1.165, 1.54) is 0 Å². The number of aromatic carboxylic acids is 1. The Morgan fingerprint density at radius 1 is 1.42 bits per heavy atom. The number of morpholine rings is 1. The van der Waals surface area contributed by atoms with Crippen LogP contribution in [-0.4, -0.2) is 54.6 Å². The van der Waals surface area contributed by atoms with Crippen LogP contribution in [0.25, 0.3) is 0 Å². The Bertz CT molecular complexity index is 450. The van der Waals surface area contributed by atoms with Crippen molar-refractivity contribution in [3.8, 4) is 0 Å². The Morgan fingerprint density at radius 2 is 2.16 bits per heavy atom. The summed E-state index contributed by atoms with van der Waals surface area (Å²) in [6.45, 7) is 4.60. The van der Waals surface area contributed by atoms with Gasteiger partial charge in [0.2, 0.25) is 0 Å². The van der Waals surface area contributed by atoms with Crippen LogP contribution < -0.4 is 0 Å². The van der Waals surface area contributed by atoms with Crippen LogP contribution in [-0.2, 0) is 4.74 Å². The number of carboxylic acid groups (broad SMARTS) is 1. The van der Waals surface area contributed by atoms with Crippen molar-refractivity contribution in [2.24, 2.45) is 0 Å². The summed E-state index contributed by atoms with van der Waals surface area (Å²) in [5.41, 5.74) is 0.316. The molecule has 0 unspecified atom stereocenters. The molecule has 4 nitrogen and oxygen atoms in total. The summed E-state index contributed by atoms with van der Waals surface area (Å²) in [5.74, 6) is 0.0586. The lowest BCUT2D eigenvalue weighted by Gasteiger charge is -2.26. The summed E-state index contributed by atoms with van der Waals surface area (Å²) in [6, 6.07) is 5.46. The van der Waals surface area contributed by atoms with Gasteiger partial charge >= 0.3 is 5.97 Å². The van der Waals surface area contributed by atoms with Crippen molar-refractivity contribution >= 4 is 33.7 Å². The largest absolute Gasteiger partial charge is 0.478 e. The van der Waals surface area contributed by atoms with Crippen LogP contribution in [0.2, 0.25) is 0 Å². The first-order valence-corrected chi connectivity index (χ1v) is 7.90. The zero-order valence-corrected chi connectivity index (χ0v) is 12.9. The van der Waals surface area contributed by atoms with Crippen LogP contribution in [0.3, 0.4) is 0 Å². The molecule has 0 aromatic heterocycles. The molecule has 1 saturated heterocycles. The molecule has 2 rings (SSSR count). The molecule has 0 aliphatic carbocycles. The third-order valence-corrected chi connectivity index (χ3v) is 4.61. The second kappa shape index (κ2) is 7.28. The third-order valence-electron chi connectivity index (χ3n) is 2.95. The van der Waals surface area contributed by atoms with Crippen molar-refractivity contribution in [3.63, 3.8) is 0 Å². The molecule has 6 heteroatoms. The number of carboxylic acids is 1. The van der Waals surface area contributed by atoms with Gasteiger partial charge in [0.25, 0.3) is 0 Å². The van der Waals surface area contributed by atoms with E-state index in [1.54, 1.807) is 23.9 Å². The Morgan fingerprint density at radius 3 is 2.84 bits per heavy atom. The highest BCUT2D eigenvalue weighted by Gasteiger charge is 2.11. The SMILES string of the molecule is O=C(O)c1cc(SCCN2CCOCC2)ccc1Br. The van der Waals surface area contributed by atoms with Crippen LogP contribution in [0.5, 0.6) is 0 Å². The maximum absolute atomic E-state index is 11.0. The predicted octanol–water partition coefficient (Wildman–Crippen LogP) is 2.57. The normalized spacial score (nSPS) is 16.5. The number of hydrogen-bond acceptors (Lipinski definition) is 4. The molecule has 1 aliphatic rings. The molecule has 0 radical (unpaired) electrons. The molecule has 1 fully saturated rings. The van der Waals surface area contributed by atoms with Crippen LogP contribution in [0.15, 0.2) is 27.6 Å². The zero-order valence-electron chi connectivity index (χ0n) is 10.5. The molecule has 1 N–H and O–H groups in total. The van der Waals surface area contributed by atoms with Gasteiger partial charge in [0.15, 0.2) is 0 Å². The number of ether oxygens (including phenoxy) is 1. The van der Waals surface area contributed by atoms with Crippen molar-refractivity contribution in [1.82, 2.24) is 4.90 Å². The monoisotopic (exact) mass is 345 g/mol. The Hall–Kier alpha value is -0.560. The molecule has 1 aliphatic heterocycles. The maximum Gasteiger partial charge on any atom is 0.336 e. The molecule has 0 saturated carbocycles. The predicted molar refractivity (Wildman–Crippen MR) is 79.1 cm³/mol. The van der Waals surface area contributed by atoms with Gasteiger partial charge < -0.3 is 9.84 Å². The number of carbonyl (C=O) groups is 1. The van der Waals surface area contributed by atoms with Crippen molar-refractivity contribution < 1.29 is 14.6 Å². The quantitative estimate of drug-likeness (QED) is 0.831. The summed E-state index contributed by atoms with van der Waals surface area (Å²) in [6.07, 6.45) is 0. The molecule has 0 atom stereocenters. The minimum absolute atomic E-state index is 0.316. The minimum Gasteiger partial charge on any atom is -0.478 e. The van der Waals surface area contributed by atoms with Gasteiger partial charge in [0, 0.05) is 34.8 Å². The summed E-state index contributed by atoms with van der Waals surface area (Å²) in [7, 11) is 0. The molecule has 19 heavy (non-hydrogen) atoms. The number of rotatable bonds is 5. The lowest BCUT2D eigenvalue weighted by Crippen LogP contribution is -2.37. The highest BCUT2D eigenvalue weighted by atomic mass is 79.9. The molecule has 1 heterocycles. The van der Waals surface area contributed by atoms with E-state index in [9.17, 15) is 4.79 Å². The van der Waals surface area contributed by atoms with Crippen molar-refractivity contribution in [1.29, 1.82) is 0 Å². The molecule has 104 valence electrons. The van der Waals surface area contributed by atoms with Crippen molar-refractivity contribution in [3.05, 3.63) is 28.2 Å². The molecule has 1 aromatic rings. The average Bonchev–Trinajstić information content (AvgIpc) is 2.41. The van der Waals surface area contributed by atoms with Crippen molar-refractivity contribution in [2.75, 3.05) is 38.6 Å². The average molecular weight is 346 g/mol. The fourth-order valence-corrected chi connectivity index (χ4v) is 3.24. The first kappa shape index (κ1) is 14.8. The lowest BCUT2D eigenvalue weighted by molar-refractivity contribution is 0.0410. The van der Waals surface area contributed by atoms with E-state index in [0.717, 1.165) is 43.5 Å². The fraction of sp³-hybridized carbons (Fsp3) is 0.462. The summed E-state index contributed by atoms with van der Waals surface area (Å²) in [4.78, 5) is 14.4. The Labute approximate surface area is 125 Å². The van der Waals surface area contributed by atoms with E-state index in [4.69, 9.17) is 9.84 Å². The fourth-order valence-electron chi connectivity index (χ4n) is 1.88. The minimum atomic E-state index is -0.900. The van der Waals surface area contributed by atoms with Gasteiger partial charge in [-0.05, 0) is 34.1 Å². The number of thioether (sulfide) groups is 1. The zero-order chi connectivity index (χ0) is 13.7. The van der Waals surface area contributed by atoms with Crippen LogP contribution in [0, 0.1) is 0 Å². The number of halogens is 1. The second-order valence-electron chi connectivity index (χ2n) is 4.25. The lowest BCUT2D eigenvalue weighted by atomic mass is 10.2. The van der Waals surface area contributed by atoms with Gasteiger partial charge in [-0.15, -0.1) is 11.8 Å². The summed E-state index contributed by atoms with van der Waals surface area (Å²) in [5, 5.41) is 9.06. The van der Waals surface area contributed by atoms with E-state index in [1.807, 2.05) is 6.07 Å². The van der Waals surface area contributed by atoms with Crippen LogP contribution in [0.1, 0.15) is 10.4 Å². The van der Waals surface area contributed by atoms with Crippen molar-refractivity contribution in [2.45, 2.75) is 4.90 Å². The van der Waals surface area contributed by atoms with Gasteiger partial charge in [-0.3, -0.25) is 4.90 Å². The van der Waals surface area contributed by atoms with Crippen LogP contribution in [0.4, 0.5) is 0 Å². The number of benzene rings is 1. The van der Waals surface area contributed by atoms with Crippen LogP contribution >= 0.6 is 27.7 Å². The maximum atomic E-state index is 11.0. The van der Waals surface area contributed by atoms with Gasteiger partial charge in [0.1, 0.15) is 0 Å². The highest BCUT2D eigenvalue weighted by Crippen LogP contribution is 2.25. The highest BCUT2D eigenvalue weighted by molar-refractivity contribution is 9.10. The van der Waals surface area contributed by atoms with E-state index in [-0.39, 0.29) is 0 Å². The first-order valence-electron chi connectivity index (χ1n) is 6.12. The van der Waals surface area contributed by atoms with E-state index in [2.05, 4.69) is 20.8 Å². The van der Waals surface area contributed by atoms with E-state index < -0.39 is 5.97 Å². The molecular weight excluding hydrogens is 330 g/mol. The Kier molecular flexibility index (Phi) is 5.69. The third kappa shape index (κ3) is 4.49. The summed E-state index contributed by atoms with van der Waals surface area (Å²) >= 11 is 4.94. The first-order chi connectivity index (χ1) is 9.16. The Balaban J connectivity index is 1.85. The molecule has 0 bridgehead atoms. The van der Waals surface area contributed by atoms with E-state index >= 15 is 0 Å². The molecule has 0 spiro atoms. The summed E-state index contributed by atoms with van der Waals surface area (Å²) < 4.78 is 5.92. The van der Waals surface area contributed by atoms with Gasteiger partial charge in [0.05, 0.1) is 18.8 Å². The second-order valence-corrected chi connectivity index (χ2v) is 6.27. The van der Waals surface area contributed by atoms with Gasteiger partial charge in [-0.25, -0.2) is 4.79 Å². The van der Waals surface area contributed by atoms with Gasteiger partial charge in [-0.2, -0.15) is 0 Å². The number of hydrogen-bond donors (Lipinski definition) is 1. The van der Waals surface area contributed by atoms with E-state index in [0.29, 0.717) is 10.0 Å².